The van der Waals surface area contributed by atoms with Crippen molar-refractivity contribution in [1.82, 2.24) is 24.1 Å². The third-order valence-corrected chi connectivity index (χ3v) is 8.34. The Kier molecular flexibility index (Phi) is 5.97. The van der Waals surface area contributed by atoms with Gasteiger partial charge >= 0.3 is 0 Å². The minimum atomic E-state index is -3.38. The van der Waals surface area contributed by atoms with Gasteiger partial charge in [0.05, 0.1) is 24.7 Å². The molecule has 11 heteroatoms. The summed E-state index contributed by atoms with van der Waals surface area (Å²) in [6, 6.07) is 0. The quantitative estimate of drug-likeness (QED) is 0.702. The molecule has 0 unspecified atom stereocenters. The second kappa shape index (κ2) is 8.37. The Labute approximate surface area is 179 Å². The molecule has 30 heavy (non-hydrogen) atoms. The summed E-state index contributed by atoms with van der Waals surface area (Å²) >= 11 is 1.65. The molecule has 1 fully saturated rings. The molecule has 9 nitrogen and oxygen atoms in total. The fraction of sp³-hybridized carbons (Fsp3) is 0.632. The van der Waals surface area contributed by atoms with E-state index in [0.717, 1.165) is 40.0 Å². The van der Waals surface area contributed by atoms with Crippen LogP contribution in [0.25, 0.3) is 10.2 Å². The molecule has 164 valence electrons. The number of nitrogens with one attached hydrogen (secondary N) is 1. The SMILES string of the molecule is CN(CC(=O)N1CCN(Cc2nc3sc4c(c3c(=O)[nH]2)CCCC4)CC1)S(C)(=O)=O. The van der Waals surface area contributed by atoms with Gasteiger partial charge in [0.25, 0.3) is 5.56 Å². The molecule has 0 spiro atoms. The van der Waals surface area contributed by atoms with Gasteiger partial charge in [-0.2, -0.15) is 4.31 Å². The summed E-state index contributed by atoms with van der Waals surface area (Å²) in [4.78, 5) is 38.7. The Balaban J connectivity index is 1.39. The molecule has 3 heterocycles. The zero-order valence-electron chi connectivity index (χ0n) is 17.3. The van der Waals surface area contributed by atoms with E-state index in [0.29, 0.717) is 38.5 Å². The summed E-state index contributed by atoms with van der Waals surface area (Å²) in [5.74, 6) is 0.461. The van der Waals surface area contributed by atoms with Crippen molar-refractivity contribution >= 4 is 37.5 Å². The molecule has 0 atom stereocenters. The van der Waals surface area contributed by atoms with E-state index < -0.39 is 10.0 Å². The van der Waals surface area contributed by atoms with Gasteiger partial charge in [-0.3, -0.25) is 14.5 Å². The van der Waals surface area contributed by atoms with Crippen molar-refractivity contribution in [3.63, 3.8) is 0 Å². The van der Waals surface area contributed by atoms with Gasteiger partial charge in [0.2, 0.25) is 15.9 Å². The first-order valence-corrected chi connectivity index (χ1v) is 12.8. The standard InChI is InChI=1S/C19H27N5O4S2/c1-22(30(2,27)28)12-16(25)24-9-7-23(8-10-24)11-15-20-18(26)17-13-5-3-4-6-14(13)29-19(17)21-15/h3-12H2,1-2H3,(H,20,21,26). The first-order valence-electron chi connectivity index (χ1n) is 10.2. The fourth-order valence-corrected chi connectivity index (χ4v) is 5.68. The van der Waals surface area contributed by atoms with Crippen LogP contribution in [0.3, 0.4) is 0 Å². The average Bonchev–Trinajstić information content (AvgIpc) is 3.06. The topological polar surface area (TPSA) is 107 Å². The lowest BCUT2D eigenvalue weighted by molar-refractivity contribution is -0.133. The van der Waals surface area contributed by atoms with E-state index in [1.54, 1.807) is 16.2 Å². The molecular formula is C19H27N5O4S2. The highest BCUT2D eigenvalue weighted by atomic mass is 32.2. The second-order valence-corrected chi connectivity index (χ2v) is 11.3. The number of likely N-dealkylation sites (N-methyl/N-ethyl adjacent to an activating group) is 1. The molecule has 1 amide bonds. The number of hydrogen-bond donors (Lipinski definition) is 1. The van der Waals surface area contributed by atoms with Gasteiger partial charge in [-0.25, -0.2) is 13.4 Å². The van der Waals surface area contributed by atoms with Crippen molar-refractivity contribution in [2.45, 2.75) is 32.2 Å². The number of H-pyrrole nitrogens is 1. The van der Waals surface area contributed by atoms with Crippen LogP contribution in [0.4, 0.5) is 0 Å². The van der Waals surface area contributed by atoms with Gasteiger partial charge in [0, 0.05) is 38.1 Å². The lowest BCUT2D eigenvalue weighted by Crippen LogP contribution is -2.51. The molecule has 1 N–H and O–H groups in total. The van der Waals surface area contributed by atoms with Crippen LogP contribution in [0.2, 0.25) is 0 Å². The van der Waals surface area contributed by atoms with Crippen LogP contribution in [0, 0.1) is 0 Å². The first-order chi connectivity index (χ1) is 14.2. The smallest absolute Gasteiger partial charge is 0.259 e. The lowest BCUT2D eigenvalue weighted by atomic mass is 9.97. The number of rotatable bonds is 5. The molecule has 0 radical (unpaired) electrons. The van der Waals surface area contributed by atoms with Gasteiger partial charge < -0.3 is 9.88 Å². The van der Waals surface area contributed by atoms with E-state index in [1.165, 1.54) is 23.9 Å². The van der Waals surface area contributed by atoms with Gasteiger partial charge in [-0.15, -0.1) is 11.3 Å². The van der Waals surface area contributed by atoms with Crippen molar-refractivity contribution < 1.29 is 13.2 Å². The van der Waals surface area contributed by atoms with Crippen LogP contribution in [0.5, 0.6) is 0 Å². The number of piperazine rings is 1. The molecular weight excluding hydrogens is 426 g/mol. The summed E-state index contributed by atoms with van der Waals surface area (Å²) in [6.45, 7) is 2.73. The van der Waals surface area contributed by atoms with Gasteiger partial charge in [0.15, 0.2) is 0 Å². The van der Waals surface area contributed by atoms with E-state index in [-0.39, 0.29) is 18.0 Å². The molecule has 1 aliphatic heterocycles. The van der Waals surface area contributed by atoms with Crippen LogP contribution in [0.15, 0.2) is 4.79 Å². The minimum absolute atomic E-state index is 0.0491. The minimum Gasteiger partial charge on any atom is -0.339 e. The van der Waals surface area contributed by atoms with E-state index in [9.17, 15) is 18.0 Å². The number of hydrogen-bond acceptors (Lipinski definition) is 7. The predicted molar refractivity (Wildman–Crippen MR) is 116 cm³/mol. The molecule has 2 aromatic heterocycles. The molecule has 2 aromatic rings. The summed E-state index contributed by atoms with van der Waals surface area (Å²) in [5, 5.41) is 0.767. The van der Waals surface area contributed by atoms with Gasteiger partial charge in [-0.05, 0) is 31.2 Å². The number of carbonyl (C=O) groups is 1. The number of sulfonamides is 1. The molecule has 2 aliphatic rings. The summed E-state index contributed by atoms with van der Waals surface area (Å²) in [7, 11) is -1.97. The molecule has 0 aromatic carbocycles. The van der Waals surface area contributed by atoms with E-state index in [2.05, 4.69) is 9.88 Å². The summed E-state index contributed by atoms with van der Waals surface area (Å²) < 4.78 is 24.1. The highest BCUT2D eigenvalue weighted by Crippen LogP contribution is 2.33. The van der Waals surface area contributed by atoms with Crippen LogP contribution < -0.4 is 5.56 Å². The fourth-order valence-electron chi connectivity index (χ4n) is 4.06. The number of thiophene rings is 1. The van der Waals surface area contributed by atoms with Crippen LogP contribution in [-0.4, -0.2) is 84.4 Å². The highest BCUT2D eigenvalue weighted by molar-refractivity contribution is 7.88. The number of nitrogens with zero attached hydrogens (tertiary/aromatic N) is 4. The number of carbonyl (C=O) groups excluding carboxylic acids is 1. The Hall–Kier alpha value is -1.82. The largest absolute Gasteiger partial charge is 0.339 e. The van der Waals surface area contributed by atoms with E-state index in [4.69, 9.17) is 4.98 Å². The third-order valence-electron chi connectivity index (χ3n) is 5.90. The van der Waals surface area contributed by atoms with Crippen molar-refractivity contribution in [2.75, 3.05) is 46.0 Å². The van der Waals surface area contributed by atoms with Crippen molar-refractivity contribution in [3.8, 4) is 0 Å². The summed E-state index contributed by atoms with van der Waals surface area (Å²) in [6.07, 6.45) is 5.39. The van der Waals surface area contributed by atoms with E-state index in [1.807, 2.05) is 0 Å². The van der Waals surface area contributed by atoms with Crippen molar-refractivity contribution in [3.05, 3.63) is 26.6 Å². The van der Waals surface area contributed by atoms with Crippen molar-refractivity contribution in [2.24, 2.45) is 0 Å². The predicted octanol–water partition coefficient (Wildman–Crippen LogP) is 0.399. The van der Waals surface area contributed by atoms with Crippen LogP contribution in [-0.2, 0) is 34.2 Å². The maximum Gasteiger partial charge on any atom is 0.259 e. The molecule has 1 saturated heterocycles. The van der Waals surface area contributed by atoms with E-state index >= 15 is 0 Å². The Morgan fingerprint density at radius 2 is 1.90 bits per heavy atom. The summed E-state index contributed by atoms with van der Waals surface area (Å²) in [5.41, 5.74) is 1.14. The number of aryl methyl sites for hydroxylation is 2. The number of fused-ring (bicyclic) bond motifs is 3. The van der Waals surface area contributed by atoms with Crippen LogP contribution in [0.1, 0.15) is 29.1 Å². The van der Waals surface area contributed by atoms with Gasteiger partial charge in [-0.1, -0.05) is 0 Å². The normalized spacial score (nSPS) is 18.2. The third kappa shape index (κ3) is 4.43. The Bertz CT molecular complexity index is 1120. The molecule has 0 saturated carbocycles. The zero-order chi connectivity index (χ0) is 21.5. The lowest BCUT2D eigenvalue weighted by Gasteiger charge is -2.35. The van der Waals surface area contributed by atoms with Gasteiger partial charge in [0.1, 0.15) is 10.7 Å². The Morgan fingerprint density at radius 3 is 2.60 bits per heavy atom. The van der Waals surface area contributed by atoms with Crippen molar-refractivity contribution in [1.29, 1.82) is 0 Å². The number of aromatic amines is 1. The maximum absolute atomic E-state index is 12.7. The van der Waals surface area contributed by atoms with Crippen LogP contribution >= 0.6 is 11.3 Å². The zero-order valence-corrected chi connectivity index (χ0v) is 18.9. The highest BCUT2D eigenvalue weighted by Gasteiger charge is 2.25. The molecule has 4 rings (SSSR count). The first kappa shape index (κ1) is 21.4. The Morgan fingerprint density at radius 1 is 1.20 bits per heavy atom. The maximum atomic E-state index is 12.7. The molecule has 1 aliphatic carbocycles. The number of aromatic nitrogens is 2. The second-order valence-electron chi connectivity index (χ2n) is 8.08. The number of amides is 1. The average molecular weight is 454 g/mol. The molecule has 0 bridgehead atoms. The monoisotopic (exact) mass is 453 g/mol.